The molecule has 1 saturated heterocycles. The lowest BCUT2D eigenvalue weighted by molar-refractivity contribution is -0.133. The third-order valence-corrected chi connectivity index (χ3v) is 5.60. The standard InChI is InChI=1S/C24H27N3O/c28-24(13-11-21-10-12-22(26-21)19-7-3-1-4-8-19)27-18-6-2-5-9-23(27)20-14-16-25-17-15-20/h1,3-4,7-8,10,12,14-17,23,26H,2,5-6,9,11,13,18H2/t23-/m0/s1. The van der Waals surface area contributed by atoms with Crippen LogP contribution in [0.15, 0.2) is 67.0 Å². The highest BCUT2D eigenvalue weighted by Crippen LogP contribution is 2.30. The molecule has 28 heavy (non-hydrogen) atoms. The highest BCUT2D eigenvalue weighted by atomic mass is 16.2. The Balaban J connectivity index is 1.43. The van der Waals surface area contributed by atoms with Gasteiger partial charge in [-0.05, 0) is 54.7 Å². The molecule has 3 aromatic rings. The Labute approximate surface area is 166 Å². The highest BCUT2D eigenvalue weighted by molar-refractivity contribution is 5.77. The molecule has 0 saturated carbocycles. The molecule has 2 aromatic heterocycles. The van der Waals surface area contributed by atoms with Gasteiger partial charge in [-0.15, -0.1) is 0 Å². The van der Waals surface area contributed by atoms with Crippen LogP contribution in [0.2, 0.25) is 0 Å². The number of benzene rings is 1. The fourth-order valence-electron chi connectivity index (χ4n) is 4.10. The van der Waals surface area contributed by atoms with Crippen molar-refractivity contribution >= 4 is 5.91 Å². The fraction of sp³-hybridized carbons (Fsp3) is 0.333. The van der Waals surface area contributed by atoms with Crippen LogP contribution in [-0.4, -0.2) is 27.3 Å². The second kappa shape index (κ2) is 8.87. The molecule has 1 aliphatic heterocycles. The zero-order chi connectivity index (χ0) is 19.2. The van der Waals surface area contributed by atoms with Crippen LogP contribution in [0.25, 0.3) is 11.3 Å². The van der Waals surface area contributed by atoms with Gasteiger partial charge in [0, 0.05) is 36.7 Å². The molecule has 1 aliphatic rings. The van der Waals surface area contributed by atoms with Crippen molar-refractivity contribution in [3.05, 3.63) is 78.2 Å². The van der Waals surface area contributed by atoms with Crippen LogP contribution in [0.4, 0.5) is 0 Å². The monoisotopic (exact) mass is 373 g/mol. The van der Waals surface area contributed by atoms with Crippen molar-refractivity contribution in [2.24, 2.45) is 0 Å². The molecule has 1 aromatic carbocycles. The number of pyridine rings is 1. The van der Waals surface area contributed by atoms with Crippen molar-refractivity contribution in [1.82, 2.24) is 14.9 Å². The van der Waals surface area contributed by atoms with Crippen molar-refractivity contribution in [2.45, 2.75) is 44.6 Å². The Bertz CT molecular complexity index is 888. The van der Waals surface area contributed by atoms with Gasteiger partial charge in [-0.1, -0.05) is 43.2 Å². The third-order valence-electron chi connectivity index (χ3n) is 5.60. The van der Waals surface area contributed by atoms with Gasteiger partial charge in [0.15, 0.2) is 0 Å². The maximum absolute atomic E-state index is 13.1. The fourth-order valence-corrected chi connectivity index (χ4v) is 4.10. The molecule has 1 fully saturated rings. The number of aryl methyl sites for hydroxylation is 1. The Kier molecular flexibility index (Phi) is 5.86. The molecule has 144 valence electrons. The average Bonchev–Trinajstić information content (AvgIpc) is 3.09. The number of aromatic nitrogens is 2. The highest BCUT2D eigenvalue weighted by Gasteiger charge is 2.26. The average molecular weight is 374 g/mol. The normalized spacial score (nSPS) is 17.3. The Hall–Kier alpha value is -2.88. The summed E-state index contributed by atoms with van der Waals surface area (Å²) in [5, 5.41) is 0. The second-order valence-electron chi connectivity index (χ2n) is 7.50. The van der Waals surface area contributed by atoms with Crippen LogP contribution in [0.5, 0.6) is 0 Å². The molecular formula is C24H27N3O. The molecule has 1 atom stereocenters. The number of H-pyrrole nitrogens is 1. The lowest BCUT2D eigenvalue weighted by Crippen LogP contribution is -2.35. The summed E-state index contributed by atoms with van der Waals surface area (Å²) in [6.45, 7) is 0.853. The largest absolute Gasteiger partial charge is 0.358 e. The molecular weight excluding hydrogens is 346 g/mol. The van der Waals surface area contributed by atoms with Crippen LogP contribution >= 0.6 is 0 Å². The van der Waals surface area contributed by atoms with E-state index in [1.807, 2.05) is 42.7 Å². The second-order valence-corrected chi connectivity index (χ2v) is 7.50. The van der Waals surface area contributed by atoms with E-state index in [4.69, 9.17) is 0 Å². The summed E-state index contributed by atoms with van der Waals surface area (Å²) in [6, 6.07) is 18.8. The molecule has 1 amide bonds. The van der Waals surface area contributed by atoms with E-state index in [2.05, 4.69) is 39.1 Å². The zero-order valence-corrected chi connectivity index (χ0v) is 16.2. The quantitative estimate of drug-likeness (QED) is 0.672. The minimum atomic E-state index is 0.182. The van der Waals surface area contributed by atoms with Crippen molar-refractivity contribution in [3.8, 4) is 11.3 Å². The molecule has 4 rings (SSSR count). The predicted octanol–water partition coefficient (Wildman–Crippen LogP) is 5.15. The van der Waals surface area contributed by atoms with Crippen molar-refractivity contribution < 1.29 is 4.79 Å². The number of hydrogen-bond donors (Lipinski definition) is 1. The van der Waals surface area contributed by atoms with Gasteiger partial charge in [0.05, 0.1) is 6.04 Å². The number of nitrogens with one attached hydrogen (secondary N) is 1. The molecule has 0 spiro atoms. The minimum Gasteiger partial charge on any atom is -0.358 e. The first-order valence-electron chi connectivity index (χ1n) is 10.2. The first-order valence-corrected chi connectivity index (χ1v) is 10.2. The maximum atomic E-state index is 13.1. The summed E-state index contributed by atoms with van der Waals surface area (Å²) < 4.78 is 0. The lowest BCUT2D eigenvalue weighted by Gasteiger charge is -2.30. The van der Waals surface area contributed by atoms with E-state index in [9.17, 15) is 4.79 Å². The first kappa shape index (κ1) is 18.5. The van der Waals surface area contributed by atoms with Gasteiger partial charge in [0.25, 0.3) is 0 Å². The summed E-state index contributed by atoms with van der Waals surface area (Å²) in [7, 11) is 0. The van der Waals surface area contributed by atoms with E-state index in [0.29, 0.717) is 6.42 Å². The molecule has 3 heterocycles. The van der Waals surface area contributed by atoms with Crippen molar-refractivity contribution in [1.29, 1.82) is 0 Å². The van der Waals surface area contributed by atoms with Gasteiger partial charge in [-0.3, -0.25) is 9.78 Å². The van der Waals surface area contributed by atoms with Gasteiger partial charge in [0.1, 0.15) is 0 Å². The first-order chi connectivity index (χ1) is 13.8. The van der Waals surface area contributed by atoms with Crippen LogP contribution in [0.1, 0.15) is 49.4 Å². The molecule has 0 radical (unpaired) electrons. The molecule has 0 unspecified atom stereocenters. The third kappa shape index (κ3) is 4.33. The summed E-state index contributed by atoms with van der Waals surface area (Å²) in [6.07, 6.45) is 9.43. The van der Waals surface area contributed by atoms with Gasteiger partial charge in [-0.2, -0.15) is 0 Å². The SMILES string of the molecule is O=C(CCc1ccc(-c2ccccc2)[nH]1)N1CCCCC[C@H]1c1ccncc1. The lowest BCUT2D eigenvalue weighted by atomic mass is 10.0. The summed E-state index contributed by atoms with van der Waals surface area (Å²) in [5.74, 6) is 0.250. The van der Waals surface area contributed by atoms with E-state index < -0.39 is 0 Å². The van der Waals surface area contributed by atoms with E-state index >= 15 is 0 Å². The van der Waals surface area contributed by atoms with Crippen LogP contribution in [0.3, 0.4) is 0 Å². The zero-order valence-electron chi connectivity index (χ0n) is 16.2. The molecule has 0 aliphatic carbocycles. The topological polar surface area (TPSA) is 49.0 Å². The van der Waals surface area contributed by atoms with E-state index in [-0.39, 0.29) is 11.9 Å². The van der Waals surface area contributed by atoms with Gasteiger partial charge >= 0.3 is 0 Å². The van der Waals surface area contributed by atoms with Gasteiger partial charge < -0.3 is 9.88 Å². The number of hydrogen-bond acceptors (Lipinski definition) is 2. The molecule has 4 nitrogen and oxygen atoms in total. The number of carbonyl (C=O) groups excluding carboxylic acids is 1. The molecule has 0 bridgehead atoms. The summed E-state index contributed by atoms with van der Waals surface area (Å²) in [5.41, 5.74) is 4.59. The van der Waals surface area contributed by atoms with Crippen LogP contribution in [0, 0.1) is 0 Å². The number of likely N-dealkylation sites (tertiary alicyclic amines) is 1. The van der Waals surface area contributed by atoms with E-state index in [1.54, 1.807) is 0 Å². The Morgan fingerprint density at radius 1 is 1.00 bits per heavy atom. The molecule has 1 N–H and O–H groups in total. The Morgan fingerprint density at radius 2 is 1.82 bits per heavy atom. The minimum absolute atomic E-state index is 0.182. The number of rotatable bonds is 5. The summed E-state index contributed by atoms with van der Waals surface area (Å²) >= 11 is 0. The number of nitrogens with zero attached hydrogens (tertiary/aromatic N) is 2. The van der Waals surface area contributed by atoms with E-state index in [0.717, 1.165) is 37.2 Å². The van der Waals surface area contributed by atoms with Gasteiger partial charge in [0.2, 0.25) is 5.91 Å². The van der Waals surface area contributed by atoms with Crippen LogP contribution in [-0.2, 0) is 11.2 Å². The number of amides is 1. The van der Waals surface area contributed by atoms with Crippen molar-refractivity contribution in [3.63, 3.8) is 0 Å². The summed E-state index contributed by atoms with van der Waals surface area (Å²) in [4.78, 5) is 22.8. The van der Waals surface area contributed by atoms with Gasteiger partial charge in [-0.25, -0.2) is 0 Å². The molecule has 4 heteroatoms. The van der Waals surface area contributed by atoms with Crippen LogP contribution < -0.4 is 0 Å². The van der Waals surface area contributed by atoms with E-state index in [1.165, 1.54) is 24.0 Å². The van der Waals surface area contributed by atoms with Crippen molar-refractivity contribution in [2.75, 3.05) is 6.54 Å². The number of carbonyl (C=O) groups is 1. The number of aromatic amines is 1. The smallest absolute Gasteiger partial charge is 0.223 e. The Morgan fingerprint density at radius 3 is 2.64 bits per heavy atom. The predicted molar refractivity (Wildman–Crippen MR) is 112 cm³/mol. The maximum Gasteiger partial charge on any atom is 0.223 e.